The van der Waals surface area contributed by atoms with Crippen LogP contribution in [0.4, 0.5) is 10.1 Å². The normalized spacial score (nSPS) is 11.8. The van der Waals surface area contributed by atoms with Crippen LogP contribution in [-0.4, -0.2) is 16.8 Å². The van der Waals surface area contributed by atoms with Crippen LogP contribution in [0.2, 0.25) is 0 Å². The molecule has 114 valence electrons. The molecule has 5 nitrogen and oxygen atoms in total. The van der Waals surface area contributed by atoms with Gasteiger partial charge in [-0.2, -0.15) is 0 Å². The number of ketones is 1. The van der Waals surface area contributed by atoms with Crippen LogP contribution in [0.3, 0.4) is 0 Å². The van der Waals surface area contributed by atoms with Crippen molar-refractivity contribution in [1.29, 1.82) is 0 Å². The van der Waals surface area contributed by atoms with E-state index in [1.165, 1.54) is 6.92 Å². The van der Waals surface area contributed by atoms with E-state index in [1.807, 2.05) is 0 Å². The summed E-state index contributed by atoms with van der Waals surface area (Å²) in [4.78, 5) is 22.4. The van der Waals surface area contributed by atoms with E-state index in [0.717, 1.165) is 22.7 Å². The van der Waals surface area contributed by atoms with Gasteiger partial charge in [0.15, 0.2) is 6.10 Å². The van der Waals surface area contributed by atoms with Crippen LogP contribution in [0.15, 0.2) is 46.9 Å². The van der Waals surface area contributed by atoms with Crippen molar-refractivity contribution in [2.75, 3.05) is 0 Å². The first-order valence-electron chi connectivity index (χ1n) is 6.29. The molecule has 0 saturated heterocycles. The number of carbonyl (C=O) groups excluding carboxylic acids is 1. The van der Waals surface area contributed by atoms with Crippen LogP contribution in [-0.2, 0) is 0 Å². The van der Waals surface area contributed by atoms with Crippen LogP contribution < -0.4 is 4.74 Å². The van der Waals surface area contributed by atoms with Crippen molar-refractivity contribution in [3.8, 4) is 5.75 Å². The maximum absolute atomic E-state index is 13.2. The van der Waals surface area contributed by atoms with Crippen LogP contribution >= 0.6 is 15.9 Å². The Morgan fingerprint density at radius 1 is 1.27 bits per heavy atom. The summed E-state index contributed by atoms with van der Waals surface area (Å²) in [6.45, 7) is 1.46. The first-order valence-corrected chi connectivity index (χ1v) is 7.08. The highest BCUT2D eigenvalue weighted by molar-refractivity contribution is 9.10. The number of nitrogens with zero attached hydrogens (tertiary/aromatic N) is 1. The molecule has 0 aliphatic heterocycles. The van der Waals surface area contributed by atoms with E-state index in [0.29, 0.717) is 5.56 Å². The quantitative estimate of drug-likeness (QED) is 0.452. The molecule has 2 aromatic carbocycles. The molecule has 0 saturated carbocycles. The van der Waals surface area contributed by atoms with Crippen LogP contribution in [0.1, 0.15) is 17.3 Å². The van der Waals surface area contributed by atoms with Gasteiger partial charge in [-0.15, -0.1) is 0 Å². The van der Waals surface area contributed by atoms with Gasteiger partial charge in [0.05, 0.1) is 4.92 Å². The van der Waals surface area contributed by atoms with E-state index in [2.05, 4.69) is 15.9 Å². The van der Waals surface area contributed by atoms with E-state index in [1.54, 1.807) is 24.3 Å². The highest BCUT2D eigenvalue weighted by Gasteiger charge is 2.22. The standard InChI is InChI=1S/C15H11BrFNO4/c1-9(15(19)10-2-4-11(16)5-3-10)22-14-8-12(17)6-7-13(14)18(20)21/h2-9H,1H3. The number of halogens is 2. The molecule has 0 heterocycles. The summed E-state index contributed by atoms with van der Waals surface area (Å²) >= 11 is 3.26. The van der Waals surface area contributed by atoms with Gasteiger partial charge in [-0.25, -0.2) is 4.39 Å². The minimum atomic E-state index is -0.985. The highest BCUT2D eigenvalue weighted by Crippen LogP contribution is 2.29. The second kappa shape index (κ2) is 6.65. The molecule has 0 radical (unpaired) electrons. The van der Waals surface area contributed by atoms with Gasteiger partial charge in [0.25, 0.3) is 0 Å². The van der Waals surface area contributed by atoms with E-state index < -0.39 is 22.5 Å². The van der Waals surface area contributed by atoms with Gasteiger partial charge in [-0.1, -0.05) is 28.1 Å². The van der Waals surface area contributed by atoms with Crippen molar-refractivity contribution in [3.63, 3.8) is 0 Å². The first-order chi connectivity index (χ1) is 10.4. The molecule has 2 rings (SSSR count). The molecule has 2 aromatic rings. The summed E-state index contributed by atoms with van der Waals surface area (Å²) in [5.41, 5.74) is 0.00612. The van der Waals surface area contributed by atoms with Crippen molar-refractivity contribution < 1.29 is 18.8 Å². The molecule has 0 N–H and O–H groups in total. The topological polar surface area (TPSA) is 69.4 Å². The number of ether oxygens (including phenoxy) is 1. The third-order valence-corrected chi connectivity index (χ3v) is 3.45. The molecule has 0 amide bonds. The molecule has 0 aromatic heterocycles. The average Bonchev–Trinajstić information content (AvgIpc) is 2.47. The minimum absolute atomic E-state index is 0.275. The molecule has 22 heavy (non-hydrogen) atoms. The molecule has 0 aliphatic rings. The number of hydrogen-bond donors (Lipinski definition) is 0. The van der Waals surface area contributed by atoms with Crippen molar-refractivity contribution >= 4 is 27.4 Å². The zero-order valence-corrected chi connectivity index (χ0v) is 13.0. The number of Topliss-reactive ketones (excluding diaryl/α,β-unsaturated/α-hetero) is 1. The van der Waals surface area contributed by atoms with Crippen molar-refractivity contribution in [3.05, 3.63) is 68.4 Å². The lowest BCUT2D eigenvalue weighted by molar-refractivity contribution is -0.386. The second-order valence-electron chi connectivity index (χ2n) is 4.50. The predicted octanol–water partition coefficient (Wildman–Crippen LogP) is 4.15. The predicted molar refractivity (Wildman–Crippen MR) is 81.6 cm³/mol. The molecule has 0 fully saturated rings. The minimum Gasteiger partial charge on any atom is -0.475 e. The Bertz CT molecular complexity index is 718. The average molecular weight is 368 g/mol. The maximum Gasteiger partial charge on any atom is 0.311 e. The molecule has 1 unspecified atom stereocenters. The lowest BCUT2D eigenvalue weighted by Gasteiger charge is -2.14. The Hall–Kier alpha value is -2.28. The smallest absolute Gasteiger partial charge is 0.311 e. The summed E-state index contributed by atoms with van der Waals surface area (Å²) in [5.74, 6) is -1.31. The maximum atomic E-state index is 13.2. The lowest BCUT2D eigenvalue weighted by atomic mass is 10.1. The number of nitro benzene ring substituents is 1. The fraction of sp³-hybridized carbons (Fsp3) is 0.133. The number of benzene rings is 2. The van der Waals surface area contributed by atoms with E-state index in [4.69, 9.17) is 4.74 Å². The summed E-state index contributed by atoms with van der Waals surface area (Å²) in [5, 5.41) is 10.9. The summed E-state index contributed by atoms with van der Waals surface area (Å²) in [6.07, 6.45) is -0.985. The van der Waals surface area contributed by atoms with Gasteiger partial charge < -0.3 is 4.74 Å². The molecular formula is C15H11BrFNO4. The third-order valence-electron chi connectivity index (χ3n) is 2.92. The summed E-state index contributed by atoms with van der Waals surface area (Å²) in [6, 6.07) is 9.46. The Kier molecular flexibility index (Phi) is 4.87. The number of rotatable bonds is 5. The lowest BCUT2D eigenvalue weighted by Crippen LogP contribution is -2.24. The van der Waals surface area contributed by atoms with Gasteiger partial charge in [-0.05, 0) is 25.1 Å². The molecule has 0 aliphatic carbocycles. The van der Waals surface area contributed by atoms with Crippen molar-refractivity contribution in [2.24, 2.45) is 0 Å². The largest absolute Gasteiger partial charge is 0.475 e. The summed E-state index contributed by atoms with van der Waals surface area (Å²) < 4.78 is 19.3. The van der Waals surface area contributed by atoms with Crippen LogP contribution in [0.5, 0.6) is 5.75 Å². The van der Waals surface area contributed by atoms with Crippen molar-refractivity contribution in [2.45, 2.75) is 13.0 Å². The Morgan fingerprint density at radius 2 is 1.91 bits per heavy atom. The fourth-order valence-electron chi connectivity index (χ4n) is 1.83. The van der Waals surface area contributed by atoms with Gasteiger partial charge in [0.1, 0.15) is 5.82 Å². The second-order valence-corrected chi connectivity index (χ2v) is 5.42. The number of hydrogen-bond acceptors (Lipinski definition) is 4. The molecule has 0 spiro atoms. The Balaban J connectivity index is 2.23. The van der Waals surface area contributed by atoms with Crippen LogP contribution in [0.25, 0.3) is 0 Å². The first kappa shape index (κ1) is 16.1. The van der Waals surface area contributed by atoms with E-state index in [-0.39, 0.29) is 11.5 Å². The molecule has 1 atom stereocenters. The third kappa shape index (κ3) is 3.67. The SMILES string of the molecule is CC(Oc1cc(F)ccc1[N+](=O)[O-])C(=O)c1ccc(Br)cc1. The zero-order chi connectivity index (χ0) is 16.3. The van der Waals surface area contributed by atoms with Gasteiger partial charge in [-0.3, -0.25) is 14.9 Å². The van der Waals surface area contributed by atoms with Gasteiger partial charge in [0.2, 0.25) is 11.5 Å². The van der Waals surface area contributed by atoms with E-state index >= 15 is 0 Å². The Morgan fingerprint density at radius 3 is 2.50 bits per heavy atom. The molecular weight excluding hydrogens is 357 g/mol. The van der Waals surface area contributed by atoms with Gasteiger partial charge in [0, 0.05) is 22.2 Å². The molecule has 0 bridgehead atoms. The monoisotopic (exact) mass is 367 g/mol. The van der Waals surface area contributed by atoms with Gasteiger partial charge >= 0.3 is 5.69 Å². The molecule has 7 heteroatoms. The Labute approximate surface area is 134 Å². The number of nitro groups is 1. The van der Waals surface area contributed by atoms with Crippen LogP contribution in [0, 0.1) is 15.9 Å². The zero-order valence-electron chi connectivity index (χ0n) is 11.5. The van der Waals surface area contributed by atoms with Crippen molar-refractivity contribution in [1.82, 2.24) is 0 Å². The highest BCUT2D eigenvalue weighted by atomic mass is 79.9. The number of carbonyl (C=O) groups is 1. The fourth-order valence-corrected chi connectivity index (χ4v) is 2.09. The summed E-state index contributed by atoms with van der Waals surface area (Å²) in [7, 11) is 0. The van der Waals surface area contributed by atoms with E-state index in [9.17, 15) is 19.3 Å².